The fourth-order valence-corrected chi connectivity index (χ4v) is 4.81. The Morgan fingerprint density at radius 1 is 1.19 bits per heavy atom. The molecule has 0 fully saturated rings. The summed E-state index contributed by atoms with van der Waals surface area (Å²) in [5.74, 6) is 0. The van der Waals surface area contributed by atoms with Crippen LogP contribution in [-0.2, 0) is 22.9 Å². The van der Waals surface area contributed by atoms with Crippen LogP contribution in [0, 0.1) is 0 Å². The predicted octanol–water partition coefficient (Wildman–Crippen LogP) is 3.22. The number of fused-ring (bicyclic) bond motifs is 2. The molecule has 0 radical (unpaired) electrons. The number of nitrogens with zero attached hydrogens (tertiary/aromatic N) is 3. The number of sulfonamides is 1. The number of anilines is 1. The van der Waals surface area contributed by atoms with Crippen LogP contribution in [0.5, 0.6) is 0 Å². The maximum absolute atomic E-state index is 11.5. The number of aromatic nitrogens is 2. The molecule has 4 rings (SSSR count). The molecule has 1 N–H and O–H groups in total. The van der Waals surface area contributed by atoms with Crippen molar-refractivity contribution >= 4 is 37.3 Å². The highest BCUT2D eigenvalue weighted by Crippen LogP contribution is 2.28. The van der Waals surface area contributed by atoms with Gasteiger partial charge in [-0.2, -0.15) is 0 Å². The van der Waals surface area contributed by atoms with E-state index in [1.165, 1.54) is 10.3 Å². The maximum atomic E-state index is 11.5. The lowest BCUT2D eigenvalue weighted by Gasteiger charge is -2.27. The second-order valence-corrected chi connectivity index (χ2v) is 9.63. The molecule has 0 saturated heterocycles. The monoisotopic (exact) mass is 402 g/mol. The van der Waals surface area contributed by atoms with Crippen molar-refractivity contribution in [1.82, 2.24) is 14.9 Å². The van der Waals surface area contributed by atoms with Gasteiger partial charge in [0.05, 0.1) is 33.9 Å². The minimum absolute atomic E-state index is 0.291. The molecule has 0 bridgehead atoms. The van der Waals surface area contributed by atoms with E-state index in [1.807, 2.05) is 11.6 Å². The Morgan fingerprint density at radius 3 is 2.81 bits per heavy atom. The second-order valence-electron chi connectivity index (χ2n) is 7.00. The molecule has 1 aliphatic heterocycles. The smallest absolute Gasteiger partial charge is 0.229 e. The molecule has 2 aromatic heterocycles. The molecule has 1 aromatic carbocycles. The van der Waals surface area contributed by atoms with Crippen molar-refractivity contribution < 1.29 is 8.42 Å². The van der Waals surface area contributed by atoms with Gasteiger partial charge in [-0.15, -0.1) is 11.3 Å². The maximum Gasteiger partial charge on any atom is 0.229 e. The first kappa shape index (κ1) is 18.3. The van der Waals surface area contributed by atoms with Crippen molar-refractivity contribution in [1.29, 1.82) is 0 Å². The molecule has 0 saturated carbocycles. The number of pyridine rings is 1. The molecule has 3 heterocycles. The molecule has 1 atom stereocenters. The van der Waals surface area contributed by atoms with Gasteiger partial charge in [0.25, 0.3) is 0 Å². The van der Waals surface area contributed by atoms with Crippen molar-refractivity contribution in [2.45, 2.75) is 25.8 Å². The molecular weight excluding hydrogens is 380 g/mol. The first-order chi connectivity index (χ1) is 12.9. The Bertz CT molecular complexity index is 1080. The zero-order valence-corrected chi connectivity index (χ0v) is 17.0. The molecule has 0 aliphatic carbocycles. The van der Waals surface area contributed by atoms with Crippen LogP contribution in [0.2, 0.25) is 0 Å². The third-order valence-corrected chi connectivity index (χ3v) is 6.47. The van der Waals surface area contributed by atoms with Crippen LogP contribution >= 0.6 is 11.3 Å². The van der Waals surface area contributed by atoms with Gasteiger partial charge < -0.3 is 0 Å². The van der Waals surface area contributed by atoms with E-state index in [0.717, 1.165) is 49.0 Å². The first-order valence-electron chi connectivity index (χ1n) is 8.92. The Morgan fingerprint density at radius 2 is 2.00 bits per heavy atom. The Kier molecular flexibility index (Phi) is 4.88. The second kappa shape index (κ2) is 7.18. The minimum Gasteiger partial charge on any atom is -0.296 e. The molecule has 6 nitrogen and oxygen atoms in total. The van der Waals surface area contributed by atoms with Crippen LogP contribution < -0.4 is 4.72 Å². The van der Waals surface area contributed by atoms with Crippen LogP contribution in [0.4, 0.5) is 5.69 Å². The minimum atomic E-state index is -3.29. The van der Waals surface area contributed by atoms with E-state index in [1.54, 1.807) is 17.5 Å². The Hall–Kier alpha value is -2.03. The molecule has 0 amide bonds. The molecule has 3 aromatic rings. The van der Waals surface area contributed by atoms with Gasteiger partial charge in [-0.25, -0.2) is 13.4 Å². The Balaban J connectivity index is 1.52. The average molecular weight is 403 g/mol. The van der Waals surface area contributed by atoms with E-state index in [-0.39, 0.29) is 0 Å². The SMILES string of the molecule is C[C@H](c1ccc2scnc2c1)N1CCc2cc(NS(C)(=O)=O)cnc2CC1. The largest absolute Gasteiger partial charge is 0.296 e. The summed E-state index contributed by atoms with van der Waals surface area (Å²) in [4.78, 5) is 11.4. The van der Waals surface area contributed by atoms with E-state index in [4.69, 9.17) is 0 Å². The van der Waals surface area contributed by atoms with Crippen molar-refractivity contribution in [2.75, 3.05) is 24.1 Å². The van der Waals surface area contributed by atoms with Crippen molar-refractivity contribution in [2.24, 2.45) is 0 Å². The van der Waals surface area contributed by atoms with E-state index in [0.29, 0.717) is 11.7 Å². The van der Waals surface area contributed by atoms with Crippen LogP contribution in [-0.4, -0.2) is 42.6 Å². The lowest BCUT2D eigenvalue weighted by molar-refractivity contribution is 0.221. The van der Waals surface area contributed by atoms with E-state index >= 15 is 0 Å². The van der Waals surface area contributed by atoms with Gasteiger partial charge in [0, 0.05) is 31.2 Å². The normalized spacial score (nSPS) is 16.7. The molecule has 27 heavy (non-hydrogen) atoms. The Labute approximate surface area is 163 Å². The summed E-state index contributed by atoms with van der Waals surface area (Å²) in [6, 6.07) is 8.73. The summed E-state index contributed by atoms with van der Waals surface area (Å²) in [5, 5.41) is 0. The molecule has 1 aliphatic rings. The van der Waals surface area contributed by atoms with Gasteiger partial charge in [-0.1, -0.05) is 6.07 Å². The first-order valence-corrected chi connectivity index (χ1v) is 11.7. The molecule has 8 heteroatoms. The topological polar surface area (TPSA) is 75.2 Å². The summed E-state index contributed by atoms with van der Waals surface area (Å²) < 4.78 is 26.6. The van der Waals surface area contributed by atoms with E-state index < -0.39 is 10.0 Å². The third kappa shape index (κ3) is 4.12. The number of hydrogen-bond acceptors (Lipinski definition) is 6. The van der Waals surface area contributed by atoms with Crippen LogP contribution in [0.25, 0.3) is 10.2 Å². The van der Waals surface area contributed by atoms with Gasteiger partial charge in [0.15, 0.2) is 0 Å². The lowest BCUT2D eigenvalue weighted by atomic mass is 10.1. The number of rotatable bonds is 4. The van der Waals surface area contributed by atoms with Crippen molar-refractivity contribution in [3.63, 3.8) is 0 Å². The predicted molar refractivity (Wildman–Crippen MR) is 110 cm³/mol. The van der Waals surface area contributed by atoms with Crippen molar-refractivity contribution in [3.8, 4) is 0 Å². The van der Waals surface area contributed by atoms with E-state index in [9.17, 15) is 8.42 Å². The molecular formula is C19H22N4O2S2. The molecule has 0 spiro atoms. The van der Waals surface area contributed by atoms with Gasteiger partial charge >= 0.3 is 0 Å². The average Bonchev–Trinajstić information content (AvgIpc) is 2.98. The summed E-state index contributed by atoms with van der Waals surface area (Å²) >= 11 is 1.66. The quantitative estimate of drug-likeness (QED) is 0.725. The number of hydrogen-bond donors (Lipinski definition) is 1. The van der Waals surface area contributed by atoms with Gasteiger partial charge in [-0.05, 0) is 42.7 Å². The summed E-state index contributed by atoms with van der Waals surface area (Å²) in [7, 11) is -3.29. The number of nitrogens with one attached hydrogen (secondary N) is 1. The van der Waals surface area contributed by atoms with Gasteiger partial charge in [-0.3, -0.25) is 14.6 Å². The summed E-state index contributed by atoms with van der Waals surface area (Å²) in [6.45, 7) is 4.07. The van der Waals surface area contributed by atoms with Gasteiger partial charge in [0.1, 0.15) is 0 Å². The molecule has 142 valence electrons. The summed E-state index contributed by atoms with van der Waals surface area (Å²) in [6.07, 6.45) is 4.47. The lowest BCUT2D eigenvalue weighted by Crippen LogP contribution is -2.29. The van der Waals surface area contributed by atoms with Crippen molar-refractivity contribution in [3.05, 3.63) is 52.8 Å². The van der Waals surface area contributed by atoms with Crippen LogP contribution in [0.1, 0.15) is 29.8 Å². The summed E-state index contributed by atoms with van der Waals surface area (Å²) in [5.41, 5.74) is 6.92. The fraction of sp³-hybridized carbons (Fsp3) is 0.368. The zero-order valence-electron chi connectivity index (χ0n) is 15.3. The fourth-order valence-electron chi connectivity index (χ4n) is 3.61. The highest BCUT2D eigenvalue weighted by atomic mass is 32.2. The standard InChI is InChI=1S/C19H22N4O2S2/c1-13(14-3-4-19-18(10-14)21-12-26-19)23-7-5-15-9-16(22-27(2,24)25)11-20-17(15)6-8-23/h3-4,9-13,22H,5-8H2,1-2H3/t13-/m1/s1. The highest BCUT2D eigenvalue weighted by molar-refractivity contribution is 7.92. The van der Waals surface area contributed by atoms with Crippen LogP contribution in [0.15, 0.2) is 36.0 Å². The zero-order chi connectivity index (χ0) is 19.0. The third-order valence-electron chi connectivity index (χ3n) is 5.05. The van der Waals surface area contributed by atoms with E-state index in [2.05, 4.69) is 44.7 Å². The van der Waals surface area contributed by atoms with Gasteiger partial charge in [0.2, 0.25) is 10.0 Å². The van der Waals surface area contributed by atoms with Crippen LogP contribution in [0.3, 0.4) is 0 Å². The molecule has 0 unspecified atom stereocenters. The number of thiazole rings is 1. The highest BCUT2D eigenvalue weighted by Gasteiger charge is 2.21. The number of benzene rings is 1.